The van der Waals surface area contributed by atoms with Crippen molar-refractivity contribution in [2.45, 2.75) is 50.6 Å². The van der Waals surface area contributed by atoms with Gasteiger partial charge in [0.2, 0.25) is 5.91 Å². The minimum atomic E-state index is -0.764. The highest BCUT2D eigenvalue weighted by Crippen LogP contribution is 2.35. The molecule has 0 bridgehead atoms. The van der Waals surface area contributed by atoms with Crippen LogP contribution in [0.15, 0.2) is 0 Å². The highest BCUT2D eigenvalue weighted by Gasteiger charge is 2.40. The third-order valence-electron chi connectivity index (χ3n) is 3.00. The molecule has 78 valence electrons. The Kier molecular flexibility index (Phi) is 2.44. The zero-order chi connectivity index (χ0) is 10.1. The van der Waals surface area contributed by atoms with Crippen molar-refractivity contribution in [2.24, 2.45) is 0 Å². The normalized spacial score (nSPS) is 27.0. The Morgan fingerprint density at radius 1 is 1.43 bits per heavy atom. The van der Waals surface area contributed by atoms with Gasteiger partial charge in [0.15, 0.2) is 0 Å². The van der Waals surface area contributed by atoms with Crippen LogP contribution in [0, 0.1) is 0 Å². The highest BCUT2D eigenvalue weighted by molar-refractivity contribution is 5.79. The predicted molar refractivity (Wildman–Crippen MR) is 49.8 cm³/mol. The Balaban J connectivity index is 1.90. The molecule has 1 saturated carbocycles. The van der Waals surface area contributed by atoms with E-state index in [2.05, 4.69) is 0 Å². The van der Waals surface area contributed by atoms with Crippen molar-refractivity contribution < 1.29 is 14.7 Å². The third-order valence-corrected chi connectivity index (χ3v) is 3.00. The summed E-state index contributed by atoms with van der Waals surface area (Å²) in [6.07, 6.45) is 4.48. The fourth-order valence-electron chi connectivity index (χ4n) is 2.19. The molecule has 1 N–H and O–H groups in total. The molecule has 2 rings (SSSR count). The van der Waals surface area contributed by atoms with E-state index < -0.39 is 5.97 Å². The molecule has 1 amide bonds. The zero-order valence-corrected chi connectivity index (χ0v) is 8.11. The van der Waals surface area contributed by atoms with E-state index in [1.807, 2.05) is 4.90 Å². The van der Waals surface area contributed by atoms with Gasteiger partial charge in [0.25, 0.3) is 0 Å². The van der Waals surface area contributed by atoms with Crippen LogP contribution >= 0.6 is 0 Å². The standard InChI is InChI=1S/C10H15NO3/c12-9-5-3-8(4-6-10(13)14)11(9)7-1-2-7/h7-8H,1-6H2,(H,13,14). The maximum absolute atomic E-state index is 11.5. The van der Waals surface area contributed by atoms with Crippen LogP contribution in [-0.2, 0) is 9.59 Å². The second kappa shape index (κ2) is 3.59. The molecule has 1 saturated heterocycles. The van der Waals surface area contributed by atoms with Crippen LogP contribution < -0.4 is 0 Å². The quantitative estimate of drug-likeness (QED) is 0.731. The van der Waals surface area contributed by atoms with Gasteiger partial charge in [-0.25, -0.2) is 0 Å². The first-order valence-corrected chi connectivity index (χ1v) is 5.21. The number of amides is 1. The van der Waals surface area contributed by atoms with Gasteiger partial charge in [-0.15, -0.1) is 0 Å². The molecule has 2 aliphatic rings. The number of carbonyl (C=O) groups is 2. The average molecular weight is 197 g/mol. The van der Waals surface area contributed by atoms with Gasteiger partial charge in [0.1, 0.15) is 0 Å². The lowest BCUT2D eigenvalue weighted by Gasteiger charge is -2.23. The number of carboxylic acid groups (broad SMARTS) is 1. The van der Waals surface area contributed by atoms with Crippen molar-refractivity contribution in [2.75, 3.05) is 0 Å². The van der Waals surface area contributed by atoms with Crippen LogP contribution in [0.2, 0.25) is 0 Å². The molecule has 1 atom stereocenters. The molecule has 1 heterocycles. The molecular weight excluding hydrogens is 182 g/mol. The summed E-state index contributed by atoms with van der Waals surface area (Å²) in [5.41, 5.74) is 0. The van der Waals surface area contributed by atoms with Gasteiger partial charge in [-0.3, -0.25) is 9.59 Å². The molecule has 0 spiro atoms. The number of nitrogens with zero attached hydrogens (tertiary/aromatic N) is 1. The summed E-state index contributed by atoms with van der Waals surface area (Å²) in [5.74, 6) is -0.539. The first kappa shape index (κ1) is 9.49. The van der Waals surface area contributed by atoms with E-state index in [0.717, 1.165) is 19.3 Å². The molecule has 0 radical (unpaired) electrons. The summed E-state index contributed by atoms with van der Waals surface area (Å²) < 4.78 is 0. The largest absolute Gasteiger partial charge is 0.481 e. The van der Waals surface area contributed by atoms with Gasteiger partial charge in [0.05, 0.1) is 0 Å². The molecule has 4 nitrogen and oxygen atoms in total. The smallest absolute Gasteiger partial charge is 0.303 e. The van der Waals surface area contributed by atoms with Crippen LogP contribution in [0.4, 0.5) is 0 Å². The number of likely N-dealkylation sites (tertiary alicyclic amines) is 1. The van der Waals surface area contributed by atoms with Gasteiger partial charge in [-0.1, -0.05) is 0 Å². The van der Waals surface area contributed by atoms with Crippen molar-refractivity contribution in [1.82, 2.24) is 4.90 Å². The maximum atomic E-state index is 11.5. The minimum absolute atomic E-state index is 0.182. The Hall–Kier alpha value is -1.06. The zero-order valence-electron chi connectivity index (χ0n) is 8.11. The molecule has 1 unspecified atom stereocenters. The lowest BCUT2D eigenvalue weighted by Crippen LogP contribution is -2.35. The summed E-state index contributed by atoms with van der Waals surface area (Å²) in [7, 11) is 0. The van der Waals surface area contributed by atoms with Gasteiger partial charge < -0.3 is 10.0 Å². The lowest BCUT2D eigenvalue weighted by atomic mass is 10.1. The van der Waals surface area contributed by atoms with E-state index in [-0.39, 0.29) is 18.4 Å². The summed E-state index contributed by atoms with van der Waals surface area (Å²) in [6, 6.07) is 0.634. The molecule has 2 fully saturated rings. The van der Waals surface area contributed by atoms with Crippen LogP contribution in [-0.4, -0.2) is 34.0 Å². The first-order chi connectivity index (χ1) is 6.68. The lowest BCUT2D eigenvalue weighted by molar-refractivity contribution is -0.138. The van der Waals surface area contributed by atoms with Crippen molar-refractivity contribution in [3.8, 4) is 0 Å². The minimum Gasteiger partial charge on any atom is -0.481 e. The molecule has 1 aliphatic carbocycles. The van der Waals surface area contributed by atoms with Gasteiger partial charge in [-0.2, -0.15) is 0 Å². The molecule has 0 aromatic rings. The Morgan fingerprint density at radius 2 is 2.14 bits per heavy atom. The monoisotopic (exact) mass is 197 g/mol. The summed E-state index contributed by atoms with van der Waals surface area (Å²) in [5, 5.41) is 8.58. The van der Waals surface area contributed by atoms with Gasteiger partial charge in [-0.05, 0) is 25.7 Å². The Morgan fingerprint density at radius 3 is 2.71 bits per heavy atom. The molecular formula is C10H15NO3. The maximum Gasteiger partial charge on any atom is 0.303 e. The van der Waals surface area contributed by atoms with Crippen molar-refractivity contribution in [1.29, 1.82) is 0 Å². The number of carbonyl (C=O) groups excluding carboxylic acids is 1. The van der Waals surface area contributed by atoms with E-state index in [4.69, 9.17) is 5.11 Å². The van der Waals surface area contributed by atoms with E-state index in [1.54, 1.807) is 0 Å². The number of hydrogen-bond donors (Lipinski definition) is 1. The average Bonchev–Trinajstić information content (AvgIpc) is 2.88. The van der Waals surface area contributed by atoms with Crippen LogP contribution in [0.3, 0.4) is 0 Å². The summed E-state index contributed by atoms with van der Waals surface area (Å²) >= 11 is 0. The van der Waals surface area contributed by atoms with Crippen molar-refractivity contribution >= 4 is 11.9 Å². The number of aliphatic carboxylic acids is 1. The topological polar surface area (TPSA) is 57.6 Å². The van der Waals surface area contributed by atoms with Crippen LogP contribution in [0.5, 0.6) is 0 Å². The fourth-order valence-corrected chi connectivity index (χ4v) is 2.19. The second-order valence-corrected chi connectivity index (χ2v) is 4.16. The van der Waals surface area contributed by atoms with E-state index in [0.29, 0.717) is 18.9 Å². The fraction of sp³-hybridized carbons (Fsp3) is 0.800. The Bertz CT molecular complexity index is 260. The third kappa shape index (κ3) is 1.89. The van der Waals surface area contributed by atoms with Crippen LogP contribution in [0.25, 0.3) is 0 Å². The number of hydrogen-bond acceptors (Lipinski definition) is 2. The summed E-state index contributed by atoms with van der Waals surface area (Å²) in [6.45, 7) is 0. The first-order valence-electron chi connectivity index (χ1n) is 5.21. The highest BCUT2D eigenvalue weighted by atomic mass is 16.4. The molecule has 1 aliphatic heterocycles. The van der Waals surface area contributed by atoms with E-state index in [9.17, 15) is 9.59 Å². The van der Waals surface area contributed by atoms with Crippen molar-refractivity contribution in [3.05, 3.63) is 0 Å². The molecule has 4 heteroatoms. The SMILES string of the molecule is O=C(O)CCC1CCC(=O)N1C1CC1. The number of rotatable bonds is 4. The van der Waals surface area contributed by atoms with Crippen molar-refractivity contribution in [3.63, 3.8) is 0 Å². The molecule has 0 aromatic heterocycles. The number of carboxylic acids is 1. The van der Waals surface area contributed by atoms with Crippen LogP contribution in [0.1, 0.15) is 38.5 Å². The Labute approximate surface area is 82.9 Å². The van der Waals surface area contributed by atoms with E-state index in [1.165, 1.54) is 0 Å². The van der Waals surface area contributed by atoms with E-state index >= 15 is 0 Å². The predicted octanol–water partition coefficient (Wildman–Crippen LogP) is 1.00. The molecule has 14 heavy (non-hydrogen) atoms. The van der Waals surface area contributed by atoms with Gasteiger partial charge >= 0.3 is 5.97 Å². The second-order valence-electron chi connectivity index (χ2n) is 4.16. The summed E-state index contributed by atoms with van der Waals surface area (Å²) in [4.78, 5) is 23.8. The molecule has 0 aromatic carbocycles. The van der Waals surface area contributed by atoms with Gasteiger partial charge in [0, 0.05) is 24.9 Å².